The first-order valence-electron chi connectivity index (χ1n) is 7.75. The van der Waals surface area contributed by atoms with Crippen molar-refractivity contribution in [2.45, 2.75) is 13.0 Å². The van der Waals surface area contributed by atoms with E-state index in [1.54, 1.807) is 17.4 Å². The number of carbonyl (C=O) groups is 1. The van der Waals surface area contributed by atoms with Crippen LogP contribution in [-0.2, 0) is 17.8 Å². The minimum atomic E-state index is -0.178. The van der Waals surface area contributed by atoms with Gasteiger partial charge in [-0.15, -0.1) is 11.3 Å². The molecule has 25 heavy (non-hydrogen) atoms. The second-order valence-corrected chi connectivity index (χ2v) is 7.27. The maximum absolute atomic E-state index is 12.0. The molecule has 0 aliphatic rings. The normalized spacial score (nSPS) is 10.6. The van der Waals surface area contributed by atoms with Gasteiger partial charge in [-0.1, -0.05) is 34.1 Å². The van der Waals surface area contributed by atoms with Gasteiger partial charge in [-0.3, -0.25) is 9.59 Å². The number of nitrogens with one attached hydrogen (secondary N) is 1. The highest BCUT2D eigenvalue weighted by atomic mass is 79.9. The van der Waals surface area contributed by atoms with E-state index < -0.39 is 0 Å². The summed E-state index contributed by atoms with van der Waals surface area (Å²) < 4.78 is 2.36. The molecule has 0 saturated carbocycles. The van der Waals surface area contributed by atoms with Crippen molar-refractivity contribution in [3.8, 4) is 10.6 Å². The molecule has 0 aliphatic heterocycles. The number of nitrogens with zero attached hydrogens (tertiary/aromatic N) is 2. The summed E-state index contributed by atoms with van der Waals surface area (Å²) in [6.07, 6.45) is 0.310. The Balaban J connectivity index is 1.56. The lowest BCUT2D eigenvalue weighted by molar-refractivity contribution is -0.120. The van der Waals surface area contributed by atoms with E-state index in [0.29, 0.717) is 19.5 Å². The lowest BCUT2D eigenvalue weighted by atomic mass is 10.1. The van der Waals surface area contributed by atoms with Gasteiger partial charge in [0.05, 0.1) is 17.8 Å². The zero-order valence-electron chi connectivity index (χ0n) is 13.3. The highest BCUT2D eigenvalue weighted by Crippen LogP contribution is 2.20. The zero-order chi connectivity index (χ0) is 17.6. The van der Waals surface area contributed by atoms with Gasteiger partial charge in [-0.25, -0.2) is 4.68 Å². The summed E-state index contributed by atoms with van der Waals surface area (Å²) in [5.41, 5.74) is 1.52. The number of amides is 1. The van der Waals surface area contributed by atoms with E-state index in [0.717, 1.165) is 20.6 Å². The smallest absolute Gasteiger partial charge is 0.266 e. The lowest BCUT2D eigenvalue weighted by Gasteiger charge is -2.08. The minimum absolute atomic E-state index is 0.0789. The molecule has 0 spiro atoms. The molecule has 0 atom stereocenters. The van der Waals surface area contributed by atoms with Gasteiger partial charge in [-0.2, -0.15) is 5.10 Å². The topological polar surface area (TPSA) is 64.0 Å². The summed E-state index contributed by atoms with van der Waals surface area (Å²) in [4.78, 5) is 24.9. The van der Waals surface area contributed by atoms with E-state index >= 15 is 0 Å². The van der Waals surface area contributed by atoms with Gasteiger partial charge >= 0.3 is 0 Å². The van der Waals surface area contributed by atoms with Gasteiger partial charge in [-0.05, 0) is 35.2 Å². The van der Waals surface area contributed by atoms with Crippen molar-refractivity contribution in [2.24, 2.45) is 0 Å². The van der Waals surface area contributed by atoms with E-state index in [2.05, 4.69) is 26.3 Å². The van der Waals surface area contributed by atoms with Crippen LogP contribution in [0.25, 0.3) is 10.6 Å². The van der Waals surface area contributed by atoms with E-state index in [1.807, 2.05) is 41.8 Å². The second-order valence-electron chi connectivity index (χ2n) is 5.41. The first-order valence-corrected chi connectivity index (χ1v) is 9.42. The highest BCUT2D eigenvalue weighted by Gasteiger charge is 2.06. The van der Waals surface area contributed by atoms with Crippen LogP contribution in [0, 0.1) is 0 Å². The van der Waals surface area contributed by atoms with Gasteiger partial charge < -0.3 is 5.32 Å². The molecule has 2 aromatic heterocycles. The Morgan fingerprint density at radius 3 is 2.68 bits per heavy atom. The van der Waals surface area contributed by atoms with E-state index in [4.69, 9.17) is 0 Å². The maximum atomic E-state index is 12.0. The SMILES string of the molecule is O=C(Cc1ccc(Br)cc1)NCCn1nc(-c2cccs2)ccc1=O. The molecule has 0 saturated heterocycles. The third-order valence-corrected chi connectivity index (χ3v) is 4.99. The fourth-order valence-corrected chi connectivity index (χ4v) is 3.27. The molecule has 3 rings (SSSR count). The molecule has 0 fully saturated rings. The molecule has 0 unspecified atom stereocenters. The minimum Gasteiger partial charge on any atom is -0.354 e. The van der Waals surface area contributed by atoms with Crippen LogP contribution < -0.4 is 10.9 Å². The van der Waals surface area contributed by atoms with Crippen molar-refractivity contribution >= 4 is 33.2 Å². The van der Waals surface area contributed by atoms with Crippen LogP contribution in [0.5, 0.6) is 0 Å². The largest absolute Gasteiger partial charge is 0.354 e. The molecule has 3 aromatic rings. The molecule has 5 nitrogen and oxygen atoms in total. The van der Waals surface area contributed by atoms with E-state index in [-0.39, 0.29) is 11.5 Å². The number of aromatic nitrogens is 2. The Kier molecular flexibility index (Phi) is 5.78. The van der Waals surface area contributed by atoms with Gasteiger partial charge in [0.15, 0.2) is 0 Å². The molecular formula is C18H16BrN3O2S. The summed E-state index contributed by atoms with van der Waals surface area (Å²) in [6.45, 7) is 0.695. The highest BCUT2D eigenvalue weighted by molar-refractivity contribution is 9.10. The Morgan fingerprint density at radius 1 is 1.16 bits per heavy atom. The van der Waals surface area contributed by atoms with Gasteiger partial charge in [0.2, 0.25) is 5.91 Å². The molecule has 0 aliphatic carbocycles. The number of halogens is 1. The molecule has 1 amide bonds. The summed E-state index contributed by atoms with van der Waals surface area (Å²) in [5, 5.41) is 9.16. The van der Waals surface area contributed by atoms with E-state index in [1.165, 1.54) is 10.7 Å². The molecule has 0 radical (unpaired) electrons. The number of thiophene rings is 1. The van der Waals surface area contributed by atoms with Crippen molar-refractivity contribution in [1.82, 2.24) is 15.1 Å². The van der Waals surface area contributed by atoms with Crippen LogP contribution in [0.2, 0.25) is 0 Å². The number of benzene rings is 1. The second kappa shape index (κ2) is 8.22. The fraction of sp³-hybridized carbons (Fsp3) is 0.167. The van der Waals surface area contributed by atoms with Crippen molar-refractivity contribution in [2.75, 3.05) is 6.54 Å². The standard InChI is InChI=1S/C18H16BrN3O2S/c19-14-5-3-13(4-6-14)12-17(23)20-9-10-22-18(24)8-7-15(21-22)16-2-1-11-25-16/h1-8,11H,9-10,12H2,(H,20,23). The van der Waals surface area contributed by atoms with Crippen LogP contribution in [0.1, 0.15) is 5.56 Å². The summed E-state index contributed by atoms with van der Waals surface area (Å²) >= 11 is 4.94. The number of hydrogen-bond donors (Lipinski definition) is 1. The van der Waals surface area contributed by atoms with Crippen LogP contribution in [0.15, 0.2) is 63.2 Å². The fourth-order valence-electron chi connectivity index (χ4n) is 2.32. The van der Waals surface area contributed by atoms with Crippen LogP contribution in [0.3, 0.4) is 0 Å². The van der Waals surface area contributed by atoms with Crippen LogP contribution in [-0.4, -0.2) is 22.2 Å². The van der Waals surface area contributed by atoms with Crippen molar-refractivity contribution < 1.29 is 4.79 Å². The third-order valence-electron chi connectivity index (χ3n) is 3.56. The Bertz CT molecular complexity index is 905. The average Bonchev–Trinajstić information content (AvgIpc) is 3.13. The van der Waals surface area contributed by atoms with Crippen LogP contribution >= 0.6 is 27.3 Å². The Hall–Kier alpha value is -2.25. The first-order chi connectivity index (χ1) is 12.1. The summed E-state index contributed by atoms with van der Waals surface area (Å²) in [7, 11) is 0. The molecule has 128 valence electrons. The van der Waals surface area contributed by atoms with Gasteiger partial charge in [0.25, 0.3) is 5.56 Å². The summed E-state index contributed by atoms with van der Waals surface area (Å²) in [5.74, 6) is -0.0789. The lowest BCUT2D eigenvalue weighted by Crippen LogP contribution is -2.32. The van der Waals surface area contributed by atoms with E-state index in [9.17, 15) is 9.59 Å². The number of carbonyl (C=O) groups excluding carboxylic acids is 1. The molecular weight excluding hydrogens is 402 g/mol. The Labute approximate surface area is 157 Å². The molecule has 2 heterocycles. The predicted molar refractivity (Wildman–Crippen MR) is 103 cm³/mol. The van der Waals surface area contributed by atoms with Crippen molar-refractivity contribution in [3.63, 3.8) is 0 Å². The molecule has 1 N–H and O–H groups in total. The summed E-state index contributed by atoms with van der Waals surface area (Å²) in [6, 6.07) is 14.7. The maximum Gasteiger partial charge on any atom is 0.266 e. The average molecular weight is 418 g/mol. The van der Waals surface area contributed by atoms with Crippen molar-refractivity contribution in [3.05, 3.63) is 74.3 Å². The van der Waals surface area contributed by atoms with Crippen molar-refractivity contribution in [1.29, 1.82) is 0 Å². The predicted octanol–water partition coefficient (Wildman–Crippen LogP) is 3.09. The third kappa shape index (κ3) is 4.87. The molecule has 0 bridgehead atoms. The monoisotopic (exact) mass is 417 g/mol. The molecule has 1 aromatic carbocycles. The van der Waals surface area contributed by atoms with Gasteiger partial charge in [0.1, 0.15) is 5.69 Å². The Morgan fingerprint density at radius 2 is 1.96 bits per heavy atom. The first kappa shape index (κ1) is 17.6. The quantitative estimate of drug-likeness (QED) is 0.669. The van der Waals surface area contributed by atoms with Gasteiger partial charge in [0, 0.05) is 17.1 Å². The number of rotatable bonds is 6. The zero-order valence-corrected chi connectivity index (χ0v) is 15.7. The number of hydrogen-bond acceptors (Lipinski definition) is 4. The van der Waals surface area contributed by atoms with Crippen LogP contribution in [0.4, 0.5) is 0 Å². The molecule has 7 heteroatoms.